The average Bonchev–Trinajstić information content (AvgIpc) is 3.35. The topological polar surface area (TPSA) is 111 Å². The zero-order chi connectivity index (χ0) is 52.7. The molecule has 0 saturated carbocycles. The number of likely N-dealkylation sites (N-methyl/N-ethyl adjacent to an activating group) is 1. The molecule has 0 aromatic heterocycles. The number of ether oxygens (including phenoxy) is 4. The second-order valence-corrected chi connectivity index (χ2v) is 23.1. The van der Waals surface area contributed by atoms with E-state index in [4.69, 9.17) is 18.9 Å². The molecule has 72 heavy (non-hydrogen) atoms. The van der Waals surface area contributed by atoms with Gasteiger partial charge in [-0.05, 0) is 12.8 Å². The zero-order valence-electron chi connectivity index (χ0n) is 48.8. The van der Waals surface area contributed by atoms with E-state index in [2.05, 4.69) is 13.8 Å². The number of nitrogens with zero attached hydrogens (tertiary/aromatic N) is 1. The Hall–Kier alpha value is -1.71. The molecule has 0 rings (SSSR count). The van der Waals surface area contributed by atoms with Gasteiger partial charge in [-0.2, -0.15) is 0 Å². The summed E-state index contributed by atoms with van der Waals surface area (Å²) in [6.45, 7) is 4.82. The van der Waals surface area contributed by atoms with Crippen molar-refractivity contribution in [2.45, 2.75) is 341 Å². The molecule has 2 atom stereocenters. The summed E-state index contributed by atoms with van der Waals surface area (Å²) in [5.41, 5.74) is 0. The van der Waals surface area contributed by atoms with Gasteiger partial charge in [0, 0.05) is 12.8 Å². The number of carbonyl (C=O) groups is 3. The third kappa shape index (κ3) is 56.0. The van der Waals surface area contributed by atoms with Crippen LogP contribution < -0.4 is 5.11 Å². The van der Waals surface area contributed by atoms with Crippen LogP contribution in [-0.2, 0) is 33.3 Å². The third-order valence-corrected chi connectivity index (χ3v) is 14.6. The van der Waals surface area contributed by atoms with E-state index in [-0.39, 0.29) is 32.2 Å². The lowest BCUT2D eigenvalue weighted by Gasteiger charge is -2.26. The van der Waals surface area contributed by atoms with Gasteiger partial charge in [0.05, 0.1) is 40.3 Å². The Morgan fingerprint density at radius 1 is 0.361 bits per heavy atom. The van der Waals surface area contributed by atoms with E-state index >= 15 is 0 Å². The number of unbranched alkanes of at least 4 members (excludes halogenated alkanes) is 45. The lowest BCUT2D eigenvalue weighted by molar-refractivity contribution is -0.870. The van der Waals surface area contributed by atoms with Gasteiger partial charge in [0.15, 0.2) is 12.4 Å². The SMILES string of the molecule is CCCCCCCCCCCCCCCCCCCCCCCCCCCCCCCCCC(=O)OC(COC(=O)CCCCCCCCCCCCCCCCCC)COC(OCC[N+](C)(C)C)C(=O)[O-]. The summed E-state index contributed by atoms with van der Waals surface area (Å²) in [6, 6.07) is 0. The van der Waals surface area contributed by atoms with E-state index in [1.54, 1.807) is 0 Å². The number of hydrogen-bond donors (Lipinski definition) is 0. The molecule has 0 heterocycles. The fourth-order valence-corrected chi connectivity index (χ4v) is 9.72. The number of rotatable bonds is 60. The molecule has 0 spiro atoms. The molecule has 0 N–H and O–H groups in total. The van der Waals surface area contributed by atoms with Crippen LogP contribution >= 0.6 is 0 Å². The van der Waals surface area contributed by atoms with Crippen molar-refractivity contribution in [3.05, 3.63) is 0 Å². The number of carboxylic acid groups (broad SMARTS) is 1. The van der Waals surface area contributed by atoms with E-state index in [0.717, 1.165) is 38.5 Å². The third-order valence-electron chi connectivity index (χ3n) is 14.6. The van der Waals surface area contributed by atoms with Gasteiger partial charge in [-0.1, -0.05) is 303 Å². The van der Waals surface area contributed by atoms with E-state index in [1.807, 2.05) is 21.1 Å². The number of quaternary nitrogens is 1. The molecular weight excluding hydrogens is 899 g/mol. The quantitative estimate of drug-likeness (QED) is 0.0256. The normalized spacial score (nSPS) is 12.6. The van der Waals surface area contributed by atoms with Crippen LogP contribution in [0, 0.1) is 0 Å². The summed E-state index contributed by atoms with van der Waals surface area (Å²) in [6.07, 6.45) is 60.3. The Kier molecular flexibility index (Phi) is 54.2. The lowest BCUT2D eigenvalue weighted by atomic mass is 10.0. The summed E-state index contributed by atoms with van der Waals surface area (Å²) in [5.74, 6) is -2.25. The molecule has 9 nitrogen and oxygen atoms in total. The first-order chi connectivity index (χ1) is 35.1. The van der Waals surface area contributed by atoms with Gasteiger partial charge in [-0.3, -0.25) is 9.59 Å². The van der Waals surface area contributed by atoms with E-state index in [0.29, 0.717) is 17.4 Å². The van der Waals surface area contributed by atoms with E-state index in [1.165, 1.54) is 263 Å². The molecule has 428 valence electrons. The van der Waals surface area contributed by atoms with E-state index in [9.17, 15) is 19.5 Å². The van der Waals surface area contributed by atoms with Gasteiger partial charge in [0.2, 0.25) is 0 Å². The van der Waals surface area contributed by atoms with Crippen molar-refractivity contribution in [3.8, 4) is 0 Å². The average molecular weight is 1020 g/mol. The Labute approximate surface area is 447 Å². The first-order valence-corrected chi connectivity index (χ1v) is 31.7. The minimum Gasteiger partial charge on any atom is -0.545 e. The molecule has 0 radical (unpaired) electrons. The highest BCUT2D eigenvalue weighted by Crippen LogP contribution is 2.19. The van der Waals surface area contributed by atoms with Crippen LogP contribution in [0.25, 0.3) is 0 Å². The first kappa shape index (κ1) is 70.3. The number of esters is 2. The van der Waals surface area contributed by atoms with Gasteiger partial charge in [-0.25, -0.2) is 0 Å². The highest BCUT2D eigenvalue weighted by molar-refractivity contribution is 5.70. The maximum atomic E-state index is 12.9. The first-order valence-electron chi connectivity index (χ1n) is 31.7. The molecule has 0 fully saturated rings. The molecule has 0 amide bonds. The van der Waals surface area contributed by atoms with Crippen LogP contribution in [0.3, 0.4) is 0 Å². The molecule has 9 heteroatoms. The summed E-state index contributed by atoms with van der Waals surface area (Å²) >= 11 is 0. The predicted octanol–water partition coefficient (Wildman–Crippen LogP) is 17.4. The summed E-state index contributed by atoms with van der Waals surface area (Å²) < 4.78 is 22.7. The molecule has 0 aromatic carbocycles. The minimum absolute atomic E-state index is 0.153. The number of carboxylic acids is 1. The van der Waals surface area contributed by atoms with Crippen LogP contribution in [-0.4, -0.2) is 82.3 Å². The van der Waals surface area contributed by atoms with Crippen molar-refractivity contribution in [3.63, 3.8) is 0 Å². The smallest absolute Gasteiger partial charge is 0.306 e. The largest absolute Gasteiger partial charge is 0.545 e. The highest BCUT2D eigenvalue weighted by Gasteiger charge is 2.22. The van der Waals surface area contributed by atoms with Gasteiger partial charge in [0.1, 0.15) is 13.2 Å². The maximum Gasteiger partial charge on any atom is 0.306 e. The fourth-order valence-electron chi connectivity index (χ4n) is 9.72. The number of hydrogen-bond acceptors (Lipinski definition) is 8. The molecule has 0 aromatic rings. The van der Waals surface area contributed by atoms with Crippen LogP contribution in [0.2, 0.25) is 0 Å². The molecule has 0 aliphatic carbocycles. The van der Waals surface area contributed by atoms with Crippen molar-refractivity contribution in [1.82, 2.24) is 0 Å². The van der Waals surface area contributed by atoms with Gasteiger partial charge in [0.25, 0.3) is 0 Å². The monoisotopic (exact) mass is 1020 g/mol. The summed E-state index contributed by atoms with van der Waals surface area (Å²) in [7, 11) is 5.94. The highest BCUT2D eigenvalue weighted by atomic mass is 16.7. The molecule has 0 aliphatic rings. The standard InChI is InChI=1S/C63H123NO8/c1-6-8-10-12-14-16-18-20-22-24-25-26-27-28-29-30-31-32-33-34-35-36-37-38-40-42-44-46-48-50-52-54-61(66)72-59(58-71-63(62(67)68)69-56-55-64(3,4)5)57-70-60(65)53-51-49-47-45-43-41-39-23-21-19-17-15-13-11-9-7-2/h59,63H,6-58H2,1-5H3. The van der Waals surface area contributed by atoms with Crippen molar-refractivity contribution in [2.75, 3.05) is 47.5 Å². The zero-order valence-corrected chi connectivity index (χ0v) is 48.8. The van der Waals surface area contributed by atoms with Gasteiger partial charge >= 0.3 is 11.9 Å². The van der Waals surface area contributed by atoms with Crippen molar-refractivity contribution in [2.24, 2.45) is 0 Å². The number of aliphatic carboxylic acids is 1. The molecule has 0 bridgehead atoms. The van der Waals surface area contributed by atoms with Crippen LogP contribution in [0.15, 0.2) is 0 Å². The van der Waals surface area contributed by atoms with Crippen molar-refractivity contribution < 1.29 is 42.9 Å². The van der Waals surface area contributed by atoms with E-state index < -0.39 is 24.3 Å². The Morgan fingerprint density at radius 2 is 0.625 bits per heavy atom. The second-order valence-electron chi connectivity index (χ2n) is 23.1. The van der Waals surface area contributed by atoms with Crippen LogP contribution in [0.1, 0.15) is 328 Å². The Balaban J connectivity index is 4.04. The van der Waals surface area contributed by atoms with Gasteiger partial charge in [-0.15, -0.1) is 0 Å². The van der Waals surface area contributed by atoms with Gasteiger partial charge < -0.3 is 33.3 Å². The van der Waals surface area contributed by atoms with Crippen molar-refractivity contribution >= 4 is 17.9 Å². The van der Waals surface area contributed by atoms with Crippen LogP contribution in [0.5, 0.6) is 0 Å². The molecular formula is C63H123NO8. The predicted molar refractivity (Wildman–Crippen MR) is 302 cm³/mol. The van der Waals surface area contributed by atoms with Crippen LogP contribution in [0.4, 0.5) is 0 Å². The molecule has 0 saturated heterocycles. The Bertz CT molecular complexity index is 1140. The second kappa shape index (κ2) is 55.5. The minimum atomic E-state index is -1.61. The molecule has 2 unspecified atom stereocenters. The summed E-state index contributed by atoms with van der Waals surface area (Å²) in [4.78, 5) is 37.3. The maximum absolute atomic E-state index is 12.9. The van der Waals surface area contributed by atoms with Crippen molar-refractivity contribution in [1.29, 1.82) is 0 Å². The number of carbonyl (C=O) groups excluding carboxylic acids is 3. The Morgan fingerprint density at radius 3 is 0.889 bits per heavy atom. The molecule has 0 aliphatic heterocycles. The fraction of sp³-hybridized carbons (Fsp3) is 0.952. The lowest BCUT2D eigenvalue weighted by Crippen LogP contribution is -2.44. The summed E-state index contributed by atoms with van der Waals surface area (Å²) in [5, 5.41) is 11.8.